The minimum Gasteiger partial charge on any atom is -0.364 e. The van der Waals surface area contributed by atoms with Crippen LogP contribution in [-0.4, -0.2) is 38.2 Å². The smallest absolute Gasteiger partial charge is 0.257 e. The van der Waals surface area contributed by atoms with Gasteiger partial charge >= 0.3 is 0 Å². The number of nitrogens with one attached hydrogen (secondary N) is 3. The van der Waals surface area contributed by atoms with Crippen LogP contribution < -0.4 is 10.6 Å². The molecule has 5 rings (SSSR count). The number of H-pyrrole nitrogens is 1. The summed E-state index contributed by atoms with van der Waals surface area (Å²) in [4.78, 5) is 30.8. The Bertz CT molecular complexity index is 1480. The topological polar surface area (TPSA) is 126 Å². The molecular formula is C27H33FN6O3. The van der Waals surface area contributed by atoms with E-state index < -0.39 is 42.7 Å². The van der Waals surface area contributed by atoms with E-state index in [2.05, 4.69) is 31.0 Å². The van der Waals surface area contributed by atoms with Gasteiger partial charge in [0.2, 0.25) is 11.9 Å². The third-order valence-electron chi connectivity index (χ3n) is 7.12. The maximum atomic E-state index is 15.4. The lowest BCUT2D eigenvalue weighted by atomic mass is 9.88. The summed E-state index contributed by atoms with van der Waals surface area (Å²) >= 11 is 0. The highest BCUT2D eigenvalue weighted by Gasteiger charge is 2.48. The lowest BCUT2D eigenvalue weighted by molar-refractivity contribution is -0.119. The Morgan fingerprint density at radius 2 is 2.00 bits per heavy atom. The van der Waals surface area contributed by atoms with E-state index in [1.54, 1.807) is 0 Å². The standard InChI is InChI=1S/C27H33FN6O3/c1-5-19-21(14(4)32-33-19)17-10-11-20(29-25(17)28)30-27(36)24(22(15-6-7-15)16-8-9-16)31-26(35)18-12-37-34-23(18)13(2)3/h10-13,15-16,22,24H,5-9H2,1-4H3,(H,31,35)(H,32,33)(H,29,30,36)/t24-/m0/s1/i1D3,5D2. The van der Waals surface area contributed by atoms with Crippen molar-refractivity contribution in [2.45, 2.75) is 71.6 Å². The molecule has 196 valence electrons. The van der Waals surface area contributed by atoms with Crippen molar-refractivity contribution in [3.05, 3.63) is 47.0 Å². The molecule has 1 atom stereocenters. The van der Waals surface area contributed by atoms with Gasteiger partial charge in [0.25, 0.3) is 5.91 Å². The minimum atomic E-state index is -3.04. The second kappa shape index (κ2) is 10.1. The van der Waals surface area contributed by atoms with Gasteiger partial charge < -0.3 is 15.2 Å². The van der Waals surface area contributed by atoms with Crippen molar-refractivity contribution in [3.8, 4) is 11.1 Å². The third kappa shape index (κ3) is 5.14. The second-order valence-corrected chi connectivity index (χ2v) is 10.2. The molecule has 0 spiro atoms. The fourth-order valence-electron chi connectivity index (χ4n) is 5.03. The number of pyridine rings is 1. The van der Waals surface area contributed by atoms with Crippen LogP contribution in [-0.2, 0) is 11.2 Å². The molecule has 10 heteroatoms. The Labute approximate surface area is 222 Å². The normalized spacial score (nSPS) is 19.0. The van der Waals surface area contributed by atoms with Crippen molar-refractivity contribution >= 4 is 17.6 Å². The Morgan fingerprint density at radius 3 is 2.62 bits per heavy atom. The van der Waals surface area contributed by atoms with Gasteiger partial charge in [-0.2, -0.15) is 9.49 Å². The first kappa shape index (κ1) is 19.5. The summed E-state index contributed by atoms with van der Waals surface area (Å²) in [6.45, 7) is 2.21. The number of rotatable bonds is 10. The van der Waals surface area contributed by atoms with Crippen molar-refractivity contribution in [3.63, 3.8) is 0 Å². The molecule has 2 amide bonds. The highest BCUT2D eigenvalue weighted by atomic mass is 19.1. The maximum Gasteiger partial charge on any atom is 0.257 e. The predicted octanol–water partition coefficient (Wildman–Crippen LogP) is 4.77. The van der Waals surface area contributed by atoms with Gasteiger partial charge in [-0.1, -0.05) is 25.9 Å². The van der Waals surface area contributed by atoms with Crippen LogP contribution in [0.2, 0.25) is 0 Å². The van der Waals surface area contributed by atoms with Gasteiger partial charge in [0.05, 0.1) is 11.4 Å². The van der Waals surface area contributed by atoms with E-state index in [1.807, 2.05) is 13.8 Å². The summed E-state index contributed by atoms with van der Waals surface area (Å²) < 4.78 is 59.5. The van der Waals surface area contributed by atoms with Crippen LogP contribution >= 0.6 is 0 Å². The van der Waals surface area contributed by atoms with Gasteiger partial charge in [-0.15, -0.1) is 0 Å². The summed E-state index contributed by atoms with van der Waals surface area (Å²) in [5.74, 6) is -1.74. The molecule has 0 radical (unpaired) electrons. The van der Waals surface area contributed by atoms with Crippen LogP contribution in [0.3, 0.4) is 0 Å². The molecule has 2 aliphatic rings. The van der Waals surface area contributed by atoms with Crippen LogP contribution in [0.1, 0.15) is 86.6 Å². The number of halogens is 1. The van der Waals surface area contributed by atoms with E-state index in [4.69, 9.17) is 11.4 Å². The molecule has 0 unspecified atom stereocenters. The lowest BCUT2D eigenvalue weighted by Gasteiger charge is -2.27. The SMILES string of the molecule is [2H]C([2H])([2H])C([2H])([2H])c1[nH]nc(C)c1-c1ccc(NC(=O)[C@@H](NC(=O)c2conc2C(C)C)C(C2CC2)C2CC2)nc1F. The fourth-order valence-corrected chi connectivity index (χ4v) is 5.03. The average molecular weight is 514 g/mol. The molecule has 0 aliphatic heterocycles. The first-order chi connectivity index (χ1) is 19.7. The number of nitrogens with zero attached hydrogens (tertiary/aromatic N) is 3. The van der Waals surface area contributed by atoms with Crippen LogP contribution in [0, 0.1) is 30.6 Å². The van der Waals surface area contributed by atoms with Gasteiger partial charge in [0.15, 0.2) is 0 Å². The largest absolute Gasteiger partial charge is 0.364 e. The first-order valence-corrected chi connectivity index (χ1v) is 12.5. The van der Waals surface area contributed by atoms with E-state index in [-0.39, 0.29) is 40.0 Å². The summed E-state index contributed by atoms with van der Waals surface area (Å²) in [6, 6.07) is 1.73. The quantitative estimate of drug-likeness (QED) is 0.336. The average Bonchev–Trinajstić information content (AvgIpc) is 3.83. The zero-order valence-electron chi connectivity index (χ0n) is 25.9. The number of carbonyl (C=O) groups excluding carboxylic acids is 2. The van der Waals surface area contributed by atoms with Crippen molar-refractivity contribution < 1.29 is 25.4 Å². The molecule has 2 saturated carbocycles. The predicted molar refractivity (Wildman–Crippen MR) is 135 cm³/mol. The van der Waals surface area contributed by atoms with Crippen molar-refractivity contribution in [2.75, 3.05) is 5.32 Å². The fraction of sp³-hybridized carbons (Fsp3) is 0.519. The van der Waals surface area contributed by atoms with Crippen molar-refractivity contribution in [1.82, 2.24) is 25.7 Å². The van der Waals surface area contributed by atoms with E-state index >= 15 is 4.39 Å². The van der Waals surface area contributed by atoms with Crippen LogP contribution in [0.4, 0.5) is 10.2 Å². The lowest BCUT2D eigenvalue weighted by Crippen LogP contribution is -2.50. The number of carbonyl (C=O) groups is 2. The highest BCUT2D eigenvalue weighted by Crippen LogP contribution is 2.51. The Balaban J connectivity index is 1.41. The van der Waals surface area contributed by atoms with Crippen LogP contribution in [0.25, 0.3) is 11.1 Å². The Morgan fingerprint density at radius 1 is 1.27 bits per heavy atom. The summed E-state index contributed by atoms with van der Waals surface area (Å²) in [5.41, 5.74) is 0.300. The molecule has 0 aromatic carbocycles. The van der Waals surface area contributed by atoms with Crippen molar-refractivity contribution in [2.24, 2.45) is 17.8 Å². The molecule has 0 bridgehead atoms. The Hall–Kier alpha value is -3.56. The monoisotopic (exact) mass is 513 g/mol. The molecule has 2 aliphatic carbocycles. The number of aryl methyl sites for hydroxylation is 2. The van der Waals surface area contributed by atoms with E-state index in [0.29, 0.717) is 17.5 Å². The number of hydrogen-bond donors (Lipinski definition) is 3. The second-order valence-electron chi connectivity index (χ2n) is 10.2. The van der Waals surface area contributed by atoms with Gasteiger partial charge in [-0.3, -0.25) is 14.7 Å². The third-order valence-corrected chi connectivity index (χ3v) is 7.12. The zero-order valence-corrected chi connectivity index (χ0v) is 20.9. The van der Waals surface area contributed by atoms with Crippen LogP contribution in [0.5, 0.6) is 0 Å². The number of amides is 2. The highest BCUT2D eigenvalue weighted by molar-refractivity contribution is 6.01. The summed E-state index contributed by atoms with van der Waals surface area (Å²) in [6.07, 6.45) is 2.27. The van der Waals surface area contributed by atoms with Crippen LogP contribution in [0.15, 0.2) is 22.9 Å². The Kier molecular flexibility index (Phi) is 5.32. The number of anilines is 1. The van der Waals surface area contributed by atoms with E-state index in [0.717, 1.165) is 25.7 Å². The summed E-state index contributed by atoms with van der Waals surface area (Å²) in [7, 11) is 0. The first-order valence-electron chi connectivity index (χ1n) is 15.0. The molecular weight excluding hydrogens is 475 g/mol. The molecule has 3 heterocycles. The number of hydrogen-bond acceptors (Lipinski definition) is 6. The van der Waals surface area contributed by atoms with Gasteiger partial charge in [0.1, 0.15) is 23.7 Å². The minimum absolute atomic E-state index is 0.0543. The van der Waals surface area contributed by atoms with E-state index in [1.165, 1.54) is 25.3 Å². The molecule has 0 saturated heterocycles. The molecule has 3 aromatic rings. The van der Waals surface area contributed by atoms with Gasteiger partial charge in [-0.05, 0) is 74.8 Å². The zero-order chi connectivity index (χ0) is 30.6. The molecule has 3 aromatic heterocycles. The van der Waals surface area contributed by atoms with E-state index in [9.17, 15) is 9.59 Å². The number of aromatic nitrogens is 4. The summed E-state index contributed by atoms with van der Waals surface area (Å²) in [5, 5.41) is 15.8. The van der Waals surface area contributed by atoms with Crippen molar-refractivity contribution in [1.29, 1.82) is 0 Å². The number of aromatic amines is 1. The molecule has 9 nitrogen and oxygen atoms in total. The van der Waals surface area contributed by atoms with Gasteiger partial charge in [-0.25, -0.2) is 4.98 Å². The molecule has 37 heavy (non-hydrogen) atoms. The van der Waals surface area contributed by atoms with Gasteiger partial charge in [0, 0.05) is 23.7 Å². The maximum absolute atomic E-state index is 15.4. The molecule has 2 fully saturated rings. The molecule has 3 N–H and O–H groups in total.